The van der Waals surface area contributed by atoms with E-state index in [0.717, 1.165) is 25.9 Å². The summed E-state index contributed by atoms with van der Waals surface area (Å²) in [7, 11) is 0. The van der Waals surface area contributed by atoms with Crippen LogP contribution < -0.4 is 5.32 Å². The third-order valence-corrected chi connectivity index (χ3v) is 3.76. The van der Waals surface area contributed by atoms with Gasteiger partial charge >= 0.3 is 0 Å². The maximum Gasteiger partial charge on any atom is 0.224 e. The smallest absolute Gasteiger partial charge is 0.224 e. The highest BCUT2D eigenvalue weighted by Gasteiger charge is 2.26. The molecule has 5 heteroatoms. The summed E-state index contributed by atoms with van der Waals surface area (Å²) in [6.07, 6.45) is 2.54. The van der Waals surface area contributed by atoms with Gasteiger partial charge in [-0.05, 0) is 33.2 Å². The van der Waals surface area contributed by atoms with E-state index in [1.807, 2.05) is 6.92 Å². The first-order valence-corrected chi connectivity index (χ1v) is 7.65. The van der Waals surface area contributed by atoms with E-state index in [0.29, 0.717) is 25.6 Å². The molecule has 0 radical (unpaired) electrons. The van der Waals surface area contributed by atoms with Crippen LogP contribution in [0.4, 0.5) is 0 Å². The van der Waals surface area contributed by atoms with Gasteiger partial charge in [-0.2, -0.15) is 0 Å². The maximum absolute atomic E-state index is 12.1. The number of rotatable bonds is 8. The van der Waals surface area contributed by atoms with Crippen molar-refractivity contribution in [1.29, 1.82) is 0 Å². The summed E-state index contributed by atoms with van der Waals surface area (Å²) in [6, 6.07) is 0.494. The first kappa shape index (κ1) is 17.1. The normalized spacial score (nSPS) is 20.1. The second kappa shape index (κ2) is 9.08. The Labute approximate surface area is 122 Å². The van der Waals surface area contributed by atoms with E-state index in [9.17, 15) is 9.59 Å². The van der Waals surface area contributed by atoms with E-state index >= 15 is 0 Å². The van der Waals surface area contributed by atoms with Crippen molar-refractivity contribution < 1.29 is 14.3 Å². The van der Waals surface area contributed by atoms with Gasteiger partial charge < -0.3 is 15.0 Å². The minimum Gasteiger partial charge on any atom is -0.372 e. The Morgan fingerprint density at radius 1 is 1.40 bits per heavy atom. The summed E-state index contributed by atoms with van der Waals surface area (Å²) in [5.41, 5.74) is 0. The predicted molar refractivity (Wildman–Crippen MR) is 78.6 cm³/mol. The summed E-state index contributed by atoms with van der Waals surface area (Å²) in [4.78, 5) is 25.4. The Morgan fingerprint density at radius 3 is 2.80 bits per heavy atom. The molecule has 20 heavy (non-hydrogen) atoms. The quantitative estimate of drug-likeness (QED) is 0.681. The van der Waals surface area contributed by atoms with Gasteiger partial charge in [0, 0.05) is 25.6 Å². The number of hydrogen-bond donors (Lipinski definition) is 1. The van der Waals surface area contributed by atoms with Crippen molar-refractivity contribution in [2.24, 2.45) is 5.92 Å². The minimum atomic E-state index is 0.0865. The number of carbonyl (C=O) groups is 2. The average Bonchev–Trinajstić information content (AvgIpc) is 2.46. The van der Waals surface area contributed by atoms with Crippen molar-refractivity contribution in [2.75, 3.05) is 32.8 Å². The fraction of sp³-hybridized carbons (Fsp3) is 0.867. The average molecular weight is 284 g/mol. The molecule has 0 bridgehead atoms. The zero-order valence-corrected chi connectivity index (χ0v) is 13.0. The summed E-state index contributed by atoms with van der Waals surface area (Å²) in [5, 5.41) is 2.90. The van der Waals surface area contributed by atoms with Gasteiger partial charge in [0.2, 0.25) is 5.91 Å². The molecule has 1 unspecified atom stereocenters. The highest BCUT2D eigenvalue weighted by Crippen LogP contribution is 2.18. The molecule has 1 N–H and O–H groups in total. The van der Waals surface area contributed by atoms with E-state index in [1.54, 1.807) is 0 Å². The lowest BCUT2D eigenvalue weighted by Crippen LogP contribution is -2.46. The maximum atomic E-state index is 12.1. The number of Topliss-reactive ketones (excluding diaryl/α,β-unsaturated/α-hetero) is 1. The van der Waals surface area contributed by atoms with E-state index in [1.165, 1.54) is 0 Å². The van der Waals surface area contributed by atoms with Gasteiger partial charge in [-0.1, -0.05) is 6.92 Å². The molecule has 116 valence electrons. The molecule has 1 aliphatic heterocycles. The van der Waals surface area contributed by atoms with Crippen LogP contribution in [0.1, 0.15) is 40.0 Å². The van der Waals surface area contributed by atoms with Crippen molar-refractivity contribution in [3.8, 4) is 0 Å². The second-order valence-electron chi connectivity index (χ2n) is 5.66. The number of nitrogens with zero attached hydrogens (tertiary/aromatic N) is 1. The molecule has 1 heterocycles. The van der Waals surface area contributed by atoms with Crippen LogP contribution in [0.3, 0.4) is 0 Å². The fourth-order valence-electron chi connectivity index (χ4n) is 2.37. The SMILES string of the molecule is CCC(=O)COCCNC(=O)C1CCCN(C(C)C)C1. The number of ether oxygens (including phenoxy) is 1. The van der Waals surface area contributed by atoms with Crippen LogP contribution in [-0.2, 0) is 14.3 Å². The van der Waals surface area contributed by atoms with Crippen molar-refractivity contribution >= 4 is 11.7 Å². The second-order valence-corrected chi connectivity index (χ2v) is 5.66. The molecule has 1 amide bonds. The lowest BCUT2D eigenvalue weighted by Gasteiger charge is -2.34. The number of hydrogen-bond acceptors (Lipinski definition) is 4. The molecule has 1 aliphatic rings. The van der Waals surface area contributed by atoms with Crippen LogP contribution in [-0.4, -0.2) is 55.5 Å². The van der Waals surface area contributed by atoms with Crippen LogP contribution in [0.25, 0.3) is 0 Å². The lowest BCUT2D eigenvalue weighted by molar-refractivity contribution is -0.127. The minimum absolute atomic E-state index is 0.0865. The van der Waals surface area contributed by atoms with Crippen LogP contribution in [0.2, 0.25) is 0 Å². The molecule has 1 fully saturated rings. The summed E-state index contributed by atoms with van der Waals surface area (Å²) in [6.45, 7) is 9.11. The van der Waals surface area contributed by atoms with Gasteiger partial charge in [0.05, 0.1) is 12.5 Å². The van der Waals surface area contributed by atoms with Gasteiger partial charge in [-0.15, -0.1) is 0 Å². The standard InChI is InChI=1S/C15H28N2O3/c1-4-14(18)11-20-9-7-16-15(19)13-6-5-8-17(10-13)12(2)3/h12-13H,4-11H2,1-3H3,(H,16,19). The van der Waals surface area contributed by atoms with E-state index < -0.39 is 0 Å². The molecular formula is C15H28N2O3. The number of nitrogens with one attached hydrogen (secondary N) is 1. The molecule has 0 aliphatic carbocycles. The van der Waals surface area contributed by atoms with Crippen LogP contribution in [0.5, 0.6) is 0 Å². The van der Waals surface area contributed by atoms with E-state index in [-0.39, 0.29) is 24.2 Å². The molecule has 0 aromatic rings. The number of carbonyl (C=O) groups excluding carboxylic acids is 2. The van der Waals surface area contributed by atoms with E-state index in [2.05, 4.69) is 24.1 Å². The van der Waals surface area contributed by atoms with Crippen LogP contribution in [0, 0.1) is 5.92 Å². The van der Waals surface area contributed by atoms with Gasteiger partial charge in [0.1, 0.15) is 6.61 Å². The molecule has 0 aromatic carbocycles. The molecule has 0 saturated carbocycles. The third-order valence-electron chi connectivity index (χ3n) is 3.76. The van der Waals surface area contributed by atoms with Crippen molar-refractivity contribution in [3.05, 3.63) is 0 Å². The largest absolute Gasteiger partial charge is 0.372 e. The summed E-state index contributed by atoms with van der Waals surface area (Å²) >= 11 is 0. The molecular weight excluding hydrogens is 256 g/mol. The zero-order valence-electron chi connectivity index (χ0n) is 13.0. The molecule has 1 atom stereocenters. The molecule has 0 spiro atoms. The number of ketones is 1. The topological polar surface area (TPSA) is 58.6 Å². The monoisotopic (exact) mass is 284 g/mol. The van der Waals surface area contributed by atoms with Crippen LogP contribution >= 0.6 is 0 Å². The fourth-order valence-corrected chi connectivity index (χ4v) is 2.37. The predicted octanol–water partition coefficient (Wildman–Crippen LogP) is 1.22. The molecule has 0 aromatic heterocycles. The Kier molecular flexibility index (Phi) is 7.77. The zero-order chi connectivity index (χ0) is 15.0. The highest BCUT2D eigenvalue weighted by atomic mass is 16.5. The Bertz CT molecular complexity index is 318. The van der Waals surface area contributed by atoms with Crippen molar-refractivity contribution in [2.45, 2.75) is 46.1 Å². The third kappa shape index (κ3) is 6.01. The molecule has 1 rings (SSSR count). The Hall–Kier alpha value is -0.940. The van der Waals surface area contributed by atoms with Crippen LogP contribution in [0.15, 0.2) is 0 Å². The van der Waals surface area contributed by atoms with Gasteiger partial charge in [0.25, 0.3) is 0 Å². The molecule has 5 nitrogen and oxygen atoms in total. The molecule has 1 saturated heterocycles. The lowest BCUT2D eigenvalue weighted by atomic mass is 9.96. The van der Waals surface area contributed by atoms with Crippen molar-refractivity contribution in [3.63, 3.8) is 0 Å². The summed E-state index contributed by atoms with van der Waals surface area (Å²) in [5.74, 6) is 0.292. The Balaban J connectivity index is 2.17. The first-order chi connectivity index (χ1) is 9.54. The first-order valence-electron chi connectivity index (χ1n) is 7.65. The van der Waals surface area contributed by atoms with Gasteiger partial charge in [0.15, 0.2) is 5.78 Å². The van der Waals surface area contributed by atoms with Crippen molar-refractivity contribution in [1.82, 2.24) is 10.2 Å². The highest BCUT2D eigenvalue weighted by molar-refractivity contribution is 5.79. The number of likely N-dealkylation sites (tertiary alicyclic amines) is 1. The summed E-state index contributed by atoms with van der Waals surface area (Å²) < 4.78 is 5.21. The number of piperidine rings is 1. The van der Waals surface area contributed by atoms with Gasteiger partial charge in [-0.3, -0.25) is 9.59 Å². The van der Waals surface area contributed by atoms with Gasteiger partial charge in [-0.25, -0.2) is 0 Å². The van der Waals surface area contributed by atoms with E-state index in [4.69, 9.17) is 4.74 Å². The number of amides is 1. The Morgan fingerprint density at radius 2 is 2.15 bits per heavy atom.